The van der Waals surface area contributed by atoms with Crippen LogP contribution in [0, 0.1) is 0 Å². The highest BCUT2D eigenvalue weighted by Crippen LogP contribution is 2.32. The van der Waals surface area contributed by atoms with E-state index in [0.29, 0.717) is 17.4 Å². The second kappa shape index (κ2) is 4.49. The van der Waals surface area contributed by atoms with E-state index in [9.17, 15) is 0 Å². The van der Waals surface area contributed by atoms with Crippen molar-refractivity contribution in [1.29, 1.82) is 0 Å². The number of aromatic nitrogens is 2. The minimum Gasteiger partial charge on any atom is -0.493 e. The first-order chi connectivity index (χ1) is 8.81. The molecule has 0 radical (unpaired) electrons. The lowest BCUT2D eigenvalue weighted by Gasteiger charge is -2.06. The van der Waals surface area contributed by atoms with Gasteiger partial charge in [-0.2, -0.15) is 0 Å². The number of imidazole rings is 1. The van der Waals surface area contributed by atoms with Crippen molar-refractivity contribution in [2.75, 3.05) is 27.4 Å². The standard InChI is InChI=1S/C13H16N2O3/c1-16-11-5-9-10(6-12(11)17-2)15-13(14-9)8-3-4-18-7-8/h5-6,8H,3-4,7H2,1-2H3,(H,14,15). The van der Waals surface area contributed by atoms with Gasteiger partial charge in [-0.15, -0.1) is 0 Å². The molecular formula is C13H16N2O3. The molecule has 96 valence electrons. The van der Waals surface area contributed by atoms with Crippen LogP contribution >= 0.6 is 0 Å². The number of methoxy groups -OCH3 is 2. The van der Waals surface area contributed by atoms with Crippen molar-refractivity contribution in [2.24, 2.45) is 0 Å². The molecule has 1 aromatic heterocycles. The number of hydrogen-bond acceptors (Lipinski definition) is 4. The first-order valence-corrected chi connectivity index (χ1v) is 6.01. The number of rotatable bonds is 3. The zero-order chi connectivity index (χ0) is 12.5. The summed E-state index contributed by atoms with van der Waals surface area (Å²) in [6, 6.07) is 3.81. The van der Waals surface area contributed by atoms with E-state index >= 15 is 0 Å². The van der Waals surface area contributed by atoms with Gasteiger partial charge in [-0.25, -0.2) is 4.98 Å². The molecule has 5 heteroatoms. The highest BCUT2D eigenvalue weighted by atomic mass is 16.5. The average Bonchev–Trinajstić information content (AvgIpc) is 3.04. The Labute approximate surface area is 105 Å². The summed E-state index contributed by atoms with van der Waals surface area (Å²) in [6.07, 6.45) is 1.02. The van der Waals surface area contributed by atoms with Crippen molar-refractivity contribution in [3.8, 4) is 11.5 Å². The maximum Gasteiger partial charge on any atom is 0.163 e. The molecule has 1 saturated heterocycles. The molecule has 1 atom stereocenters. The summed E-state index contributed by atoms with van der Waals surface area (Å²) in [4.78, 5) is 7.94. The Morgan fingerprint density at radius 2 is 2.06 bits per heavy atom. The average molecular weight is 248 g/mol. The van der Waals surface area contributed by atoms with Crippen molar-refractivity contribution in [3.63, 3.8) is 0 Å². The summed E-state index contributed by atoms with van der Waals surface area (Å²) in [5.41, 5.74) is 1.86. The van der Waals surface area contributed by atoms with Crippen LogP contribution in [0.3, 0.4) is 0 Å². The van der Waals surface area contributed by atoms with E-state index in [2.05, 4.69) is 9.97 Å². The molecule has 0 saturated carbocycles. The SMILES string of the molecule is COc1cc2nc(C3CCOC3)[nH]c2cc1OC. The Balaban J connectivity index is 2.05. The van der Waals surface area contributed by atoms with Crippen LogP contribution in [0.1, 0.15) is 18.2 Å². The molecule has 5 nitrogen and oxygen atoms in total. The Bertz CT molecular complexity index is 518. The number of ether oxygens (including phenoxy) is 3. The van der Waals surface area contributed by atoms with Gasteiger partial charge >= 0.3 is 0 Å². The van der Waals surface area contributed by atoms with Crippen LogP contribution in [0.2, 0.25) is 0 Å². The van der Waals surface area contributed by atoms with Crippen LogP contribution in [0.4, 0.5) is 0 Å². The van der Waals surface area contributed by atoms with Crippen molar-refractivity contribution in [1.82, 2.24) is 9.97 Å². The minimum absolute atomic E-state index is 0.370. The maximum absolute atomic E-state index is 5.39. The first kappa shape index (κ1) is 11.3. The van der Waals surface area contributed by atoms with Crippen LogP contribution in [0.15, 0.2) is 12.1 Å². The van der Waals surface area contributed by atoms with Crippen LogP contribution in [0.5, 0.6) is 11.5 Å². The van der Waals surface area contributed by atoms with Crippen molar-refractivity contribution in [3.05, 3.63) is 18.0 Å². The molecule has 2 heterocycles. The normalized spacial score (nSPS) is 19.3. The summed E-state index contributed by atoms with van der Waals surface area (Å²) in [6.45, 7) is 1.56. The fourth-order valence-electron chi connectivity index (χ4n) is 2.30. The van der Waals surface area contributed by atoms with Gasteiger partial charge in [0.15, 0.2) is 11.5 Å². The number of benzene rings is 1. The predicted molar refractivity (Wildman–Crippen MR) is 67.4 cm³/mol. The molecule has 1 aliphatic heterocycles. The largest absolute Gasteiger partial charge is 0.493 e. The predicted octanol–water partition coefficient (Wildman–Crippen LogP) is 2.08. The number of nitrogens with zero attached hydrogens (tertiary/aromatic N) is 1. The molecule has 0 bridgehead atoms. The highest BCUT2D eigenvalue weighted by molar-refractivity contribution is 5.79. The highest BCUT2D eigenvalue weighted by Gasteiger charge is 2.21. The summed E-state index contributed by atoms with van der Waals surface area (Å²) >= 11 is 0. The Morgan fingerprint density at radius 3 is 2.72 bits per heavy atom. The molecule has 1 fully saturated rings. The summed E-state index contributed by atoms with van der Waals surface area (Å²) in [7, 11) is 3.26. The maximum atomic E-state index is 5.39. The van der Waals surface area contributed by atoms with Crippen molar-refractivity contribution < 1.29 is 14.2 Å². The van der Waals surface area contributed by atoms with Crippen LogP contribution in [-0.4, -0.2) is 37.4 Å². The van der Waals surface area contributed by atoms with E-state index in [1.54, 1.807) is 14.2 Å². The molecule has 18 heavy (non-hydrogen) atoms. The van der Waals surface area contributed by atoms with Gasteiger partial charge in [0.2, 0.25) is 0 Å². The molecule has 0 aliphatic carbocycles. The Kier molecular flexibility index (Phi) is 2.83. The number of hydrogen-bond donors (Lipinski definition) is 1. The molecule has 0 amide bonds. The minimum atomic E-state index is 0.370. The van der Waals surface area contributed by atoms with Gasteiger partial charge in [-0.05, 0) is 6.42 Å². The molecule has 2 aromatic rings. The summed E-state index contributed by atoms with van der Waals surface area (Å²) in [5.74, 6) is 2.76. The van der Waals surface area contributed by atoms with Crippen LogP contribution in [-0.2, 0) is 4.74 Å². The molecular weight excluding hydrogens is 232 g/mol. The van der Waals surface area contributed by atoms with Crippen molar-refractivity contribution >= 4 is 11.0 Å². The topological polar surface area (TPSA) is 56.4 Å². The molecule has 0 spiro atoms. The molecule has 1 aromatic carbocycles. The lowest BCUT2D eigenvalue weighted by Crippen LogP contribution is -1.99. The van der Waals surface area contributed by atoms with Gasteiger partial charge in [0.25, 0.3) is 0 Å². The van der Waals surface area contributed by atoms with E-state index in [1.165, 1.54) is 0 Å². The van der Waals surface area contributed by atoms with Gasteiger partial charge in [0.1, 0.15) is 5.82 Å². The smallest absolute Gasteiger partial charge is 0.163 e. The second-order valence-corrected chi connectivity index (χ2v) is 4.41. The van der Waals surface area contributed by atoms with Crippen LogP contribution in [0.25, 0.3) is 11.0 Å². The van der Waals surface area contributed by atoms with Gasteiger partial charge in [0, 0.05) is 24.7 Å². The van der Waals surface area contributed by atoms with E-state index in [1.807, 2.05) is 12.1 Å². The number of fused-ring (bicyclic) bond motifs is 1. The van der Waals surface area contributed by atoms with Crippen molar-refractivity contribution in [2.45, 2.75) is 12.3 Å². The quantitative estimate of drug-likeness (QED) is 0.903. The third-order valence-electron chi connectivity index (χ3n) is 3.32. The lowest BCUT2D eigenvalue weighted by molar-refractivity contribution is 0.193. The van der Waals surface area contributed by atoms with Gasteiger partial charge in [-0.3, -0.25) is 0 Å². The number of aromatic amines is 1. The molecule has 1 N–H and O–H groups in total. The molecule has 3 rings (SSSR count). The molecule has 1 aliphatic rings. The summed E-state index contributed by atoms with van der Waals surface area (Å²) in [5, 5.41) is 0. The van der Waals surface area contributed by atoms with Gasteiger partial charge in [-0.1, -0.05) is 0 Å². The van der Waals surface area contributed by atoms with Gasteiger partial charge in [0.05, 0.1) is 31.9 Å². The van der Waals surface area contributed by atoms with E-state index in [-0.39, 0.29) is 0 Å². The zero-order valence-corrected chi connectivity index (χ0v) is 10.5. The third kappa shape index (κ3) is 1.80. The van der Waals surface area contributed by atoms with Crippen LogP contribution < -0.4 is 9.47 Å². The monoisotopic (exact) mass is 248 g/mol. The fourth-order valence-corrected chi connectivity index (χ4v) is 2.30. The zero-order valence-electron chi connectivity index (χ0n) is 10.5. The fraction of sp³-hybridized carbons (Fsp3) is 0.462. The third-order valence-corrected chi connectivity index (χ3v) is 3.32. The second-order valence-electron chi connectivity index (χ2n) is 4.41. The van der Waals surface area contributed by atoms with E-state index in [4.69, 9.17) is 14.2 Å². The molecule has 1 unspecified atom stereocenters. The van der Waals surface area contributed by atoms with E-state index in [0.717, 1.165) is 36.5 Å². The van der Waals surface area contributed by atoms with E-state index < -0.39 is 0 Å². The summed E-state index contributed by atoms with van der Waals surface area (Å²) < 4.78 is 15.9. The van der Waals surface area contributed by atoms with Gasteiger partial charge < -0.3 is 19.2 Å². The Hall–Kier alpha value is -1.75. The number of H-pyrrole nitrogens is 1. The Morgan fingerprint density at radius 1 is 1.28 bits per heavy atom. The first-order valence-electron chi connectivity index (χ1n) is 6.01. The number of nitrogens with one attached hydrogen (secondary N) is 1. The lowest BCUT2D eigenvalue weighted by atomic mass is 10.1.